The molecule has 0 unspecified atom stereocenters. The van der Waals surface area contributed by atoms with Crippen molar-refractivity contribution >= 4 is 17.7 Å². The molecule has 0 spiro atoms. The average molecular weight is 403 g/mol. The van der Waals surface area contributed by atoms with Crippen molar-refractivity contribution in [3.05, 3.63) is 18.2 Å². The molecular formula is C20H29N5O4. The molecule has 3 aliphatic rings. The lowest BCUT2D eigenvalue weighted by Gasteiger charge is -2.39. The van der Waals surface area contributed by atoms with Gasteiger partial charge in [-0.2, -0.15) is 0 Å². The van der Waals surface area contributed by atoms with Crippen LogP contribution in [-0.2, 0) is 14.3 Å². The summed E-state index contributed by atoms with van der Waals surface area (Å²) in [5.74, 6) is -0.0504. The van der Waals surface area contributed by atoms with E-state index in [4.69, 9.17) is 4.74 Å². The number of H-pyrrole nitrogens is 1. The minimum absolute atomic E-state index is 0.0250. The Morgan fingerprint density at radius 2 is 2.14 bits per heavy atom. The first-order valence-electron chi connectivity index (χ1n) is 10.5. The summed E-state index contributed by atoms with van der Waals surface area (Å²) < 4.78 is 5.38. The second-order valence-corrected chi connectivity index (χ2v) is 8.22. The van der Waals surface area contributed by atoms with E-state index in [1.54, 1.807) is 4.90 Å². The standard InChI is InChI=1S/C20H29N5O4/c1-2-17-15(19(27)22-8-13-3-5-29-6-4-13)7-14-10-24(11-18(26)25(14)17)20(28)16-9-21-12-23-16/h9,12-15,17H,2-8,10-11H2,1H3,(H,21,23)(H,22,27)/t14-,15-,17-/m1/s1. The largest absolute Gasteiger partial charge is 0.381 e. The molecule has 3 atom stereocenters. The summed E-state index contributed by atoms with van der Waals surface area (Å²) >= 11 is 0. The molecule has 9 heteroatoms. The van der Waals surface area contributed by atoms with Crippen LogP contribution in [0.15, 0.2) is 12.5 Å². The van der Waals surface area contributed by atoms with E-state index in [1.165, 1.54) is 12.5 Å². The van der Waals surface area contributed by atoms with Gasteiger partial charge in [-0.25, -0.2) is 4.98 Å². The Morgan fingerprint density at radius 3 is 2.83 bits per heavy atom. The predicted molar refractivity (Wildman–Crippen MR) is 104 cm³/mol. The lowest BCUT2D eigenvalue weighted by molar-refractivity contribution is -0.139. The number of aromatic nitrogens is 2. The Balaban J connectivity index is 1.40. The minimum atomic E-state index is -0.226. The van der Waals surface area contributed by atoms with Crippen molar-refractivity contribution < 1.29 is 19.1 Å². The molecule has 9 nitrogen and oxygen atoms in total. The molecule has 29 heavy (non-hydrogen) atoms. The van der Waals surface area contributed by atoms with Crippen LogP contribution in [0.4, 0.5) is 0 Å². The summed E-state index contributed by atoms with van der Waals surface area (Å²) in [5, 5.41) is 3.11. The maximum Gasteiger partial charge on any atom is 0.272 e. The molecular weight excluding hydrogens is 374 g/mol. The molecule has 2 N–H and O–H groups in total. The number of amides is 3. The number of aromatic amines is 1. The summed E-state index contributed by atoms with van der Waals surface area (Å²) in [6.45, 7) is 4.68. The van der Waals surface area contributed by atoms with Crippen LogP contribution < -0.4 is 5.32 Å². The number of imidazole rings is 1. The van der Waals surface area contributed by atoms with Gasteiger partial charge in [-0.1, -0.05) is 6.92 Å². The molecule has 4 rings (SSSR count). The van der Waals surface area contributed by atoms with Crippen LogP contribution >= 0.6 is 0 Å². The van der Waals surface area contributed by atoms with Gasteiger partial charge < -0.3 is 24.8 Å². The number of hydrogen-bond acceptors (Lipinski definition) is 5. The summed E-state index contributed by atoms with van der Waals surface area (Å²) in [7, 11) is 0. The van der Waals surface area contributed by atoms with Gasteiger partial charge in [0.05, 0.1) is 24.5 Å². The average Bonchev–Trinajstić information content (AvgIpc) is 3.40. The summed E-state index contributed by atoms with van der Waals surface area (Å²) in [6, 6.07) is -0.224. The molecule has 0 saturated carbocycles. The third-order valence-electron chi connectivity index (χ3n) is 6.46. The maximum absolute atomic E-state index is 12.9. The first-order chi connectivity index (χ1) is 14.1. The van der Waals surface area contributed by atoms with Crippen LogP contribution in [0.1, 0.15) is 43.1 Å². The zero-order chi connectivity index (χ0) is 20.4. The van der Waals surface area contributed by atoms with Crippen molar-refractivity contribution in [1.29, 1.82) is 0 Å². The Kier molecular flexibility index (Phi) is 5.84. The van der Waals surface area contributed by atoms with Gasteiger partial charge in [0, 0.05) is 32.3 Å². The Labute approximate surface area is 170 Å². The zero-order valence-electron chi connectivity index (χ0n) is 16.8. The van der Waals surface area contributed by atoms with Crippen molar-refractivity contribution in [2.45, 2.75) is 44.7 Å². The van der Waals surface area contributed by atoms with E-state index in [-0.39, 0.29) is 42.3 Å². The van der Waals surface area contributed by atoms with Gasteiger partial charge in [-0.15, -0.1) is 0 Å². The van der Waals surface area contributed by atoms with E-state index in [1.807, 2.05) is 11.8 Å². The number of fused-ring (bicyclic) bond motifs is 1. The summed E-state index contributed by atoms with van der Waals surface area (Å²) in [5.41, 5.74) is 0.377. The van der Waals surface area contributed by atoms with Crippen LogP contribution in [0.2, 0.25) is 0 Å². The number of nitrogens with one attached hydrogen (secondary N) is 2. The monoisotopic (exact) mass is 403 g/mol. The van der Waals surface area contributed by atoms with Crippen LogP contribution in [0, 0.1) is 11.8 Å². The predicted octanol–water partition coefficient (Wildman–Crippen LogP) is 0.404. The van der Waals surface area contributed by atoms with E-state index in [9.17, 15) is 14.4 Å². The lowest BCUT2D eigenvalue weighted by Crippen LogP contribution is -2.57. The third kappa shape index (κ3) is 4.01. The van der Waals surface area contributed by atoms with Crippen molar-refractivity contribution in [3.8, 4) is 0 Å². The number of hydrogen-bond donors (Lipinski definition) is 2. The molecule has 4 heterocycles. The lowest BCUT2D eigenvalue weighted by atomic mass is 9.95. The smallest absolute Gasteiger partial charge is 0.272 e. The molecule has 0 bridgehead atoms. The molecule has 0 radical (unpaired) electrons. The molecule has 3 aliphatic heterocycles. The Bertz CT molecular complexity index is 746. The van der Waals surface area contributed by atoms with E-state index < -0.39 is 0 Å². The first-order valence-corrected chi connectivity index (χ1v) is 10.5. The molecule has 158 valence electrons. The molecule has 1 aromatic heterocycles. The van der Waals surface area contributed by atoms with Gasteiger partial charge in [-0.05, 0) is 31.6 Å². The molecule has 3 amide bonds. The zero-order valence-corrected chi connectivity index (χ0v) is 16.8. The minimum Gasteiger partial charge on any atom is -0.381 e. The van der Waals surface area contributed by atoms with Gasteiger partial charge in [0.25, 0.3) is 5.91 Å². The number of carbonyl (C=O) groups excluding carboxylic acids is 3. The van der Waals surface area contributed by atoms with E-state index in [0.717, 1.165) is 32.5 Å². The molecule has 0 aliphatic carbocycles. The Morgan fingerprint density at radius 1 is 1.34 bits per heavy atom. The van der Waals surface area contributed by atoms with Gasteiger partial charge >= 0.3 is 0 Å². The van der Waals surface area contributed by atoms with E-state index in [2.05, 4.69) is 15.3 Å². The normalized spacial score (nSPS) is 27.8. The number of piperazine rings is 1. The highest BCUT2D eigenvalue weighted by Crippen LogP contribution is 2.35. The number of carbonyl (C=O) groups is 3. The van der Waals surface area contributed by atoms with Gasteiger partial charge in [0.1, 0.15) is 12.2 Å². The van der Waals surface area contributed by atoms with E-state index in [0.29, 0.717) is 31.1 Å². The van der Waals surface area contributed by atoms with Crippen LogP contribution in [0.5, 0.6) is 0 Å². The van der Waals surface area contributed by atoms with Crippen molar-refractivity contribution in [1.82, 2.24) is 25.1 Å². The van der Waals surface area contributed by atoms with Crippen LogP contribution in [-0.4, -0.2) is 82.4 Å². The van der Waals surface area contributed by atoms with Crippen LogP contribution in [0.3, 0.4) is 0 Å². The maximum atomic E-state index is 12.9. The highest BCUT2D eigenvalue weighted by Gasteiger charge is 2.49. The van der Waals surface area contributed by atoms with Gasteiger partial charge in [0.2, 0.25) is 11.8 Å². The fourth-order valence-electron chi connectivity index (χ4n) is 4.93. The van der Waals surface area contributed by atoms with E-state index >= 15 is 0 Å². The third-order valence-corrected chi connectivity index (χ3v) is 6.46. The highest BCUT2D eigenvalue weighted by molar-refractivity contribution is 5.96. The summed E-state index contributed by atoms with van der Waals surface area (Å²) in [4.78, 5) is 48.5. The fourth-order valence-corrected chi connectivity index (χ4v) is 4.93. The van der Waals surface area contributed by atoms with Crippen LogP contribution in [0.25, 0.3) is 0 Å². The fraction of sp³-hybridized carbons (Fsp3) is 0.700. The second kappa shape index (κ2) is 8.52. The molecule has 3 fully saturated rings. The number of rotatable bonds is 5. The summed E-state index contributed by atoms with van der Waals surface area (Å²) in [6.07, 6.45) is 6.19. The Hall–Kier alpha value is -2.42. The van der Waals surface area contributed by atoms with Crippen molar-refractivity contribution in [3.63, 3.8) is 0 Å². The quantitative estimate of drug-likeness (QED) is 0.740. The first kappa shape index (κ1) is 19.9. The topological polar surface area (TPSA) is 108 Å². The SMILES string of the molecule is CC[C@@H]1[C@H](C(=O)NCC2CCOCC2)C[C@@H]2CN(C(=O)c3cnc[nH]3)CC(=O)N21. The molecule has 1 aromatic rings. The second-order valence-electron chi connectivity index (χ2n) is 8.22. The van der Waals surface area contributed by atoms with Gasteiger partial charge in [-0.3, -0.25) is 14.4 Å². The number of nitrogens with zero attached hydrogens (tertiary/aromatic N) is 3. The molecule has 0 aromatic carbocycles. The molecule has 3 saturated heterocycles. The highest BCUT2D eigenvalue weighted by atomic mass is 16.5. The van der Waals surface area contributed by atoms with Crippen molar-refractivity contribution in [2.24, 2.45) is 11.8 Å². The van der Waals surface area contributed by atoms with Gasteiger partial charge in [0.15, 0.2) is 0 Å². The number of ether oxygens (including phenoxy) is 1. The van der Waals surface area contributed by atoms with Crippen molar-refractivity contribution in [2.75, 3.05) is 32.8 Å².